The molecule has 0 unspecified atom stereocenters. The van der Waals surface area contributed by atoms with Crippen molar-refractivity contribution >= 4 is 27.8 Å². The number of anilines is 1. The largest absolute Gasteiger partial charge is 0.504 e. The molecule has 0 radical (unpaired) electrons. The van der Waals surface area contributed by atoms with Crippen LogP contribution < -0.4 is 14.9 Å². The van der Waals surface area contributed by atoms with E-state index in [0.29, 0.717) is 29.2 Å². The monoisotopic (exact) mass is 453 g/mol. The average molecular weight is 454 g/mol. The van der Waals surface area contributed by atoms with Gasteiger partial charge in [0, 0.05) is 11.3 Å². The highest BCUT2D eigenvalue weighted by molar-refractivity contribution is 7.92. The number of rotatable bonds is 8. The molecule has 32 heavy (non-hydrogen) atoms. The summed E-state index contributed by atoms with van der Waals surface area (Å²) in [5.41, 5.74) is 4.63. The molecule has 0 spiro atoms. The molecule has 1 amide bonds. The standard InChI is InChI=1S/C23H23N3O5S/c1-3-31-22-14-17(6-13-21(22)27)15-24-25-23(28)18-7-9-19(10-8-18)26-32(29,30)20-11-4-16(2)5-12-20/h4-15,26-27H,3H2,1-2H3,(H,25,28)/b24-15-. The van der Waals surface area contributed by atoms with Crippen LogP contribution in [-0.2, 0) is 10.0 Å². The smallest absolute Gasteiger partial charge is 0.271 e. The predicted molar refractivity (Wildman–Crippen MR) is 123 cm³/mol. The average Bonchev–Trinajstić information content (AvgIpc) is 2.76. The summed E-state index contributed by atoms with van der Waals surface area (Å²) in [4.78, 5) is 12.4. The van der Waals surface area contributed by atoms with Crippen molar-refractivity contribution in [2.45, 2.75) is 18.7 Å². The number of benzene rings is 3. The lowest BCUT2D eigenvalue weighted by Crippen LogP contribution is -2.18. The van der Waals surface area contributed by atoms with Crippen LogP contribution in [0.1, 0.15) is 28.4 Å². The second-order valence-corrected chi connectivity index (χ2v) is 8.54. The number of amides is 1. The summed E-state index contributed by atoms with van der Waals surface area (Å²) in [7, 11) is -3.72. The van der Waals surface area contributed by atoms with Gasteiger partial charge in [-0.05, 0) is 74.0 Å². The van der Waals surface area contributed by atoms with Gasteiger partial charge in [0.2, 0.25) is 0 Å². The Morgan fingerprint density at radius 1 is 1.06 bits per heavy atom. The number of nitrogens with one attached hydrogen (secondary N) is 2. The van der Waals surface area contributed by atoms with E-state index >= 15 is 0 Å². The maximum atomic E-state index is 12.5. The van der Waals surface area contributed by atoms with Gasteiger partial charge < -0.3 is 9.84 Å². The summed E-state index contributed by atoms with van der Waals surface area (Å²) >= 11 is 0. The number of carbonyl (C=O) groups excluding carboxylic acids is 1. The number of hydrogen-bond donors (Lipinski definition) is 3. The quantitative estimate of drug-likeness (QED) is 0.355. The molecule has 0 heterocycles. The van der Waals surface area contributed by atoms with Crippen molar-refractivity contribution < 1.29 is 23.1 Å². The van der Waals surface area contributed by atoms with Crippen molar-refractivity contribution in [1.29, 1.82) is 0 Å². The molecule has 3 aromatic carbocycles. The SMILES string of the molecule is CCOc1cc(/C=N\NC(=O)c2ccc(NS(=O)(=O)c3ccc(C)cc3)cc2)ccc1O. The van der Waals surface area contributed by atoms with Crippen molar-refractivity contribution in [3.8, 4) is 11.5 Å². The number of hydrazone groups is 1. The molecular formula is C23H23N3O5S. The van der Waals surface area contributed by atoms with E-state index in [4.69, 9.17) is 4.74 Å². The molecule has 0 saturated carbocycles. The third kappa shape index (κ3) is 5.86. The number of aryl methyl sites for hydroxylation is 1. The highest BCUT2D eigenvalue weighted by Crippen LogP contribution is 2.26. The van der Waals surface area contributed by atoms with Gasteiger partial charge in [0.1, 0.15) is 0 Å². The lowest BCUT2D eigenvalue weighted by molar-refractivity contribution is 0.0955. The van der Waals surface area contributed by atoms with Crippen molar-refractivity contribution in [3.63, 3.8) is 0 Å². The number of sulfonamides is 1. The first-order chi connectivity index (χ1) is 15.3. The Morgan fingerprint density at radius 2 is 1.75 bits per heavy atom. The summed E-state index contributed by atoms with van der Waals surface area (Å²) in [5.74, 6) is -0.115. The van der Waals surface area contributed by atoms with Crippen molar-refractivity contribution in [3.05, 3.63) is 83.4 Å². The second-order valence-electron chi connectivity index (χ2n) is 6.86. The minimum atomic E-state index is -3.72. The van der Waals surface area contributed by atoms with Gasteiger partial charge in [-0.1, -0.05) is 17.7 Å². The van der Waals surface area contributed by atoms with Gasteiger partial charge in [0.15, 0.2) is 11.5 Å². The Balaban J connectivity index is 1.62. The third-order valence-corrected chi connectivity index (χ3v) is 5.79. The fraction of sp³-hybridized carbons (Fsp3) is 0.130. The minimum absolute atomic E-state index is 0.0196. The number of phenols is 1. The highest BCUT2D eigenvalue weighted by atomic mass is 32.2. The molecule has 0 atom stereocenters. The summed E-state index contributed by atoms with van der Waals surface area (Å²) in [6, 6.07) is 17.2. The molecule has 0 aliphatic rings. The van der Waals surface area contributed by atoms with E-state index in [1.54, 1.807) is 31.2 Å². The van der Waals surface area contributed by atoms with E-state index < -0.39 is 15.9 Å². The molecule has 166 valence electrons. The number of nitrogens with zero attached hydrogens (tertiary/aromatic N) is 1. The molecule has 3 rings (SSSR count). The Bertz CT molecular complexity index is 1220. The van der Waals surface area contributed by atoms with Gasteiger partial charge in [0.05, 0.1) is 17.7 Å². The Kier molecular flexibility index (Phi) is 7.11. The predicted octanol–water partition coefficient (Wildman–Crippen LogP) is 3.66. The van der Waals surface area contributed by atoms with Gasteiger partial charge in [-0.25, -0.2) is 13.8 Å². The summed E-state index contributed by atoms with van der Waals surface area (Å²) in [6.45, 7) is 4.08. The Labute approximate surface area is 186 Å². The fourth-order valence-corrected chi connectivity index (χ4v) is 3.79. The number of hydrogen-bond acceptors (Lipinski definition) is 6. The molecule has 0 aliphatic heterocycles. The second kappa shape index (κ2) is 9.97. The van der Waals surface area contributed by atoms with E-state index in [2.05, 4.69) is 15.2 Å². The molecule has 8 nitrogen and oxygen atoms in total. The lowest BCUT2D eigenvalue weighted by atomic mass is 10.2. The van der Waals surface area contributed by atoms with Gasteiger partial charge in [0.25, 0.3) is 15.9 Å². The van der Waals surface area contributed by atoms with Crippen LogP contribution in [0.25, 0.3) is 0 Å². The van der Waals surface area contributed by atoms with Crippen LogP contribution in [0.4, 0.5) is 5.69 Å². The van der Waals surface area contributed by atoms with Gasteiger partial charge in [-0.15, -0.1) is 0 Å². The van der Waals surface area contributed by atoms with E-state index in [1.807, 2.05) is 6.92 Å². The van der Waals surface area contributed by atoms with Gasteiger partial charge in [-0.2, -0.15) is 5.10 Å². The van der Waals surface area contributed by atoms with Crippen LogP contribution in [0.2, 0.25) is 0 Å². The molecular weight excluding hydrogens is 430 g/mol. The maximum Gasteiger partial charge on any atom is 0.271 e. The normalized spacial score (nSPS) is 11.3. The zero-order valence-corrected chi connectivity index (χ0v) is 18.4. The van der Waals surface area contributed by atoms with Crippen molar-refractivity contribution in [2.24, 2.45) is 5.10 Å². The van der Waals surface area contributed by atoms with E-state index in [1.165, 1.54) is 48.7 Å². The van der Waals surface area contributed by atoms with Crippen molar-refractivity contribution in [2.75, 3.05) is 11.3 Å². The maximum absolute atomic E-state index is 12.5. The van der Waals surface area contributed by atoms with Crippen LogP contribution in [0.3, 0.4) is 0 Å². The van der Waals surface area contributed by atoms with Crippen LogP contribution >= 0.6 is 0 Å². The molecule has 0 aliphatic carbocycles. The molecule has 0 saturated heterocycles. The number of carbonyl (C=O) groups is 1. The molecule has 3 N–H and O–H groups in total. The third-order valence-electron chi connectivity index (χ3n) is 4.39. The fourth-order valence-electron chi connectivity index (χ4n) is 2.73. The van der Waals surface area contributed by atoms with Gasteiger partial charge in [-0.3, -0.25) is 9.52 Å². The summed E-state index contributed by atoms with van der Waals surface area (Å²) in [6.07, 6.45) is 1.42. The lowest BCUT2D eigenvalue weighted by Gasteiger charge is -2.09. The van der Waals surface area contributed by atoms with Crippen LogP contribution in [0, 0.1) is 6.92 Å². The number of ether oxygens (including phenoxy) is 1. The first kappa shape index (κ1) is 22.8. The highest BCUT2D eigenvalue weighted by Gasteiger charge is 2.14. The molecule has 0 aromatic heterocycles. The Hall–Kier alpha value is -3.85. The first-order valence-electron chi connectivity index (χ1n) is 9.77. The van der Waals surface area contributed by atoms with Crippen LogP contribution in [0.5, 0.6) is 11.5 Å². The summed E-state index contributed by atoms with van der Waals surface area (Å²) in [5, 5.41) is 13.6. The van der Waals surface area contributed by atoms with Crippen LogP contribution in [-0.4, -0.2) is 32.3 Å². The van der Waals surface area contributed by atoms with Crippen LogP contribution in [0.15, 0.2) is 76.7 Å². The molecule has 3 aromatic rings. The summed E-state index contributed by atoms with van der Waals surface area (Å²) < 4.78 is 32.7. The minimum Gasteiger partial charge on any atom is -0.504 e. The number of phenolic OH excluding ortho intramolecular Hbond substituents is 1. The zero-order valence-electron chi connectivity index (χ0n) is 17.6. The Morgan fingerprint density at radius 3 is 2.41 bits per heavy atom. The van der Waals surface area contributed by atoms with E-state index in [0.717, 1.165) is 5.56 Å². The molecule has 9 heteroatoms. The molecule has 0 fully saturated rings. The topological polar surface area (TPSA) is 117 Å². The zero-order chi connectivity index (χ0) is 23.1. The van der Waals surface area contributed by atoms with Crippen molar-refractivity contribution in [1.82, 2.24) is 5.43 Å². The van der Waals surface area contributed by atoms with Gasteiger partial charge >= 0.3 is 0 Å². The first-order valence-corrected chi connectivity index (χ1v) is 11.3. The van der Waals surface area contributed by atoms with E-state index in [-0.39, 0.29) is 10.6 Å². The molecule has 0 bridgehead atoms. The van der Waals surface area contributed by atoms with E-state index in [9.17, 15) is 18.3 Å². The number of aromatic hydroxyl groups is 1.